The van der Waals surface area contributed by atoms with Crippen LogP contribution in [0.5, 0.6) is 0 Å². The molecule has 182 valence electrons. The Morgan fingerprint density at radius 2 is 1.83 bits per heavy atom. The summed E-state index contributed by atoms with van der Waals surface area (Å²) < 4.78 is 40.6. The maximum atomic E-state index is 14.1. The van der Waals surface area contributed by atoms with Crippen molar-refractivity contribution in [3.8, 4) is 22.4 Å². The van der Waals surface area contributed by atoms with Gasteiger partial charge in [0.15, 0.2) is 0 Å². The maximum Gasteiger partial charge on any atom is 3.00 e. The van der Waals surface area contributed by atoms with E-state index in [1.807, 2.05) is 49.5 Å². The molecule has 0 amide bonds. The number of aromatic nitrogens is 1. The van der Waals surface area contributed by atoms with Crippen molar-refractivity contribution >= 4 is 0 Å². The molecule has 0 saturated carbocycles. The van der Waals surface area contributed by atoms with Crippen molar-refractivity contribution in [2.45, 2.75) is 19.5 Å². The number of hydrogen-bond acceptors (Lipinski definition) is 2. The topological polar surface area (TPSA) is 30.2 Å². The SMILES string of the molecule is Cc1ccnc(-c2[c-]c(F)c(F)cc2F)c1-c1ccccc1.[Ir+3].[c-]1cccc2c1C1[N-]C=CN1CC2. The van der Waals surface area contributed by atoms with Gasteiger partial charge in [-0.1, -0.05) is 54.4 Å². The van der Waals surface area contributed by atoms with Gasteiger partial charge in [0.05, 0.1) is 11.6 Å². The molecule has 3 heterocycles. The fourth-order valence-electron chi connectivity index (χ4n) is 4.37. The zero-order chi connectivity index (χ0) is 24.4. The molecule has 36 heavy (non-hydrogen) atoms. The Balaban J connectivity index is 0.000000185. The third kappa shape index (κ3) is 5.08. The third-order valence-corrected chi connectivity index (χ3v) is 6.07. The number of hydrogen-bond donors (Lipinski definition) is 0. The van der Waals surface area contributed by atoms with Gasteiger partial charge >= 0.3 is 20.1 Å². The zero-order valence-electron chi connectivity index (χ0n) is 19.3. The fourth-order valence-corrected chi connectivity index (χ4v) is 4.37. The van der Waals surface area contributed by atoms with Gasteiger partial charge < -0.3 is 15.2 Å². The molecule has 0 bridgehead atoms. The van der Waals surface area contributed by atoms with E-state index in [9.17, 15) is 13.2 Å². The van der Waals surface area contributed by atoms with Gasteiger partial charge in [-0.2, -0.15) is 41.6 Å². The van der Waals surface area contributed by atoms with E-state index in [2.05, 4.69) is 45.7 Å². The molecule has 2 aliphatic rings. The van der Waals surface area contributed by atoms with Gasteiger partial charge in [-0.25, -0.2) is 4.39 Å². The molecule has 0 aliphatic carbocycles. The van der Waals surface area contributed by atoms with Crippen molar-refractivity contribution < 1.29 is 33.3 Å². The summed E-state index contributed by atoms with van der Waals surface area (Å²) in [5.74, 6) is -3.39. The molecule has 2 aliphatic heterocycles. The number of halogens is 3. The molecule has 0 saturated heterocycles. The Morgan fingerprint density at radius 1 is 1.03 bits per heavy atom. The minimum atomic E-state index is -1.27. The summed E-state index contributed by atoms with van der Waals surface area (Å²) >= 11 is 0. The molecular formula is C29H21F3IrN3. The molecule has 7 heteroatoms. The minimum absolute atomic E-state index is 0. The number of aryl methyl sites for hydroxylation is 1. The fraction of sp³-hybridized carbons (Fsp3) is 0.138. The summed E-state index contributed by atoms with van der Waals surface area (Å²) in [7, 11) is 0. The second kappa shape index (κ2) is 11.1. The molecule has 4 aromatic rings. The first-order chi connectivity index (χ1) is 17.0. The third-order valence-electron chi connectivity index (χ3n) is 6.07. The summed E-state index contributed by atoms with van der Waals surface area (Å²) in [5.41, 5.74) is 5.05. The molecule has 6 rings (SSSR count). The number of rotatable bonds is 2. The first-order valence-electron chi connectivity index (χ1n) is 11.2. The molecule has 1 atom stereocenters. The summed E-state index contributed by atoms with van der Waals surface area (Å²) in [6.07, 6.45) is 6.79. The van der Waals surface area contributed by atoms with E-state index in [0.29, 0.717) is 11.6 Å². The van der Waals surface area contributed by atoms with Crippen LogP contribution in [0.4, 0.5) is 13.2 Å². The van der Waals surface area contributed by atoms with E-state index in [1.165, 1.54) is 17.3 Å². The van der Waals surface area contributed by atoms with Crippen LogP contribution >= 0.6 is 0 Å². The Labute approximate surface area is 222 Å². The molecule has 3 aromatic carbocycles. The summed E-state index contributed by atoms with van der Waals surface area (Å²) in [6, 6.07) is 23.2. The predicted octanol–water partition coefficient (Wildman–Crippen LogP) is 7.14. The van der Waals surface area contributed by atoms with E-state index in [0.717, 1.165) is 24.1 Å². The zero-order valence-corrected chi connectivity index (χ0v) is 21.7. The second-order valence-corrected chi connectivity index (χ2v) is 8.29. The van der Waals surface area contributed by atoms with Crippen LogP contribution in [0.25, 0.3) is 27.7 Å². The largest absolute Gasteiger partial charge is 3.00 e. The van der Waals surface area contributed by atoms with Gasteiger partial charge in [0, 0.05) is 18.6 Å². The van der Waals surface area contributed by atoms with Gasteiger partial charge in [0.1, 0.15) is 0 Å². The van der Waals surface area contributed by atoms with Gasteiger partial charge in [0.25, 0.3) is 0 Å². The summed E-state index contributed by atoms with van der Waals surface area (Å²) in [4.78, 5) is 6.42. The predicted molar refractivity (Wildman–Crippen MR) is 129 cm³/mol. The van der Waals surface area contributed by atoms with Crippen molar-refractivity contribution in [2.24, 2.45) is 0 Å². The number of benzene rings is 3. The molecule has 1 aromatic heterocycles. The van der Waals surface area contributed by atoms with Crippen molar-refractivity contribution in [1.82, 2.24) is 9.88 Å². The second-order valence-electron chi connectivity index (χ2n) is 8.29. The van der Waals surface area contributed by atoms with E-state index in [-0.39, 0.29) is 37.5 Å². The van der Waals surface area contributed by atoms with Crippen LogP contribution in [0.15, 0.2) is 79.3 Å². The first kappa shape index (κ1) is 25.7. The van der Waals surface area contributed by atoms with Gasteiger partial charge in [-0.05, 0) is 47.7 Å². The normalized spacial score (nSPS) is 15.1. The number of nitrogens with zero attached hydrogens (tertiary/aromatic N) is 3. The maximum absolute atomic E-state index is 14.1. The van der Waals surface area contributed by atoms with Crippen molar-refractivity contribution in [1.29, 1.82) is 0 Å². The van der Waals surface area contributed by atoms with Crippen molar-refractivity contribution in [3.63, 3.8) is 0 Å². The van der Waals surface area contributed by atoms with Crippen LogP contribution in [0.1, 0.15) is 22.9 Å². The molecule has 0 spiro atoms. The minimum Gasteiger partial charge on any atom is -0.668 e. The molecular weight excluding hydrogens is 640 g/mol. The quantitative estimate of drug-likeness (QED) is 0.169. The monoisotopic (exact) mass is 661 g/mol. The van der Waals surface area contributed by atoms with Crippen LogP contribution in [0.3, 0.4) is 0 Å². The van der Waals surface area contributed by atoms with E-state index >= 15 is 0 Å². The number of pyridine rings is 1. The average molecular weight is 661 g/mol. The van der Waals surface area contributed by atoms with Crippen LogP contribution in [0.2, 0.25) is 0 Å². The van der Waals surface area contributed by atoms with Crippen LogP contribution in [-0.2, 0) is 26.5 Å². The van der Waals surface area contributed by atoms with Crippen molar-refractivity contribution in [3.05, 3.63) is 131 Å². The van der Waals surface area contributed by atoms with E-state index < -0.39 is 17.5 Å². The Hall–Kier alpha value is -3.41. The van der Waals surface area contributed by atoms with Gasteiger partial charge in [-0.15, -0.1) is 0 Å². The van der Waals surface area contributed by atoms with Gasteiger partial charge in [0.2, 0.25) is 0 Å². The molecule has 0 fully saturated rings. The van der Waals surface area contributed by atoms with E-state index in [1.54, 1.807) is 6.07 Å². The smallest absolute Gasteiger partial charge is 0.668 e. The summed E-state index contributed by atoms with van der Waals surface area (Å²) in [5, 5.41) is 4.41. The van der Waals surface area contributed by atoms with Crippen molar-refractivity contribution in [2.75, 3.05) is 6.54 Å². The standard InChI is InChI=1S/C18H11F3N.C11H10N2.Ir/c1-11-7-8-22-18(17(11)12-5-3-2-4-6-12)13-9-15(20)16(21)10-14(13)19;1-2-4-10-9(3-1)5-7-13-8-6-12-11(10)13;/h2-8,10H,1H3;1-3,6,8,11H,5,7H2;/q-1;-2;+3. The Morgan fingerprint density at radius 3 is 2.64 bits per heavy atom. The van der Waals surface area contributed by atoms with Crippen LogP contribution in [0, 0.1) is 36.5 Å². The Kier molecular flexibility index (Phi) is 7.92. The van der Waals surface area contributed by atoms with E-state index in [4.69, 9.17) is 0 Å². The van der Waals surface area contributed by atoms with Crippen LogP contribution in [-0.4, -0.2) is 16.4 Å². The molecule has 1 unspecified atom stereocenters. The molecule has 0 N–H and O–H groups in total. The van der Waals surface area contributed by atoms with Gasteiger partial charge in [-0.3, -0.25) is 8.78 Å². The van der Waals surface area contributed by atoms with Crippen LogP contribution < -0.4 is 0 Å². The Bertz CT molecular complexity index is 1390. The number of fused-ring (bicyclic) bond motifs is 3. The summed E-state index contributed by atoms with van der Waals surface area (Å²) in [6.45, 7) is 2.93. The first-order valence-corrected chi connectivity index (χ1v) is 11.2. The molecule has 0 radical (unpaired) electrons. The molecule has 3 nitrogen and oxygen atoms in total. The average Bonchev–Trinajstić information content (AvgIpc) is 3.37.